The lowest BCUT2D eigenvalue weighted by Crippen LogP contribution is -2.22. The van der Waals surface area contributed by atoms with E-state index in [1.807, 2.05) is 54.6 Å². The maximum Gasteiger partial charge on any atom is 0.274 e. The normalized spacial score (nSPS) is 12.1. The van der Waals surface area contributed by atoms with E-state index < -0.39 is 0 Å². The van der Waals surface area contributed by atoms with Gasteiger partial charge in [0.15, 0.2) is 4.96 Å². The second-order valence-corrected chi connectivity index (χ2v) is 7.63. The van der Waals surface area contributed by atoms with E-state index in [-0.39, 0.29) is 11.4 Å². The van der Waals surface area contributed by atoms with Crippen molar-refractivity contribution in [1.29, 1.82) is 0 Å². The minimum absolute atomic E-state index is 0.0599. The van der Waals surface area contributed by atoms with Crippen LogP contribution in [-0.4, -0.2) is 9.38 Å². The Morgan fingerprint density at radius 3 is 2.55 bits per heavy atom. The number of para-hydroxylation sites is 2. The van der Waals surface area contributed by atoms with Crippen molar-refractivity contribution >= 4 is 33.4 Å². The summed E-state index contributed by atoms with van der Waals surface area (Å²) in [5, 5.41) is 0. The zero-order valence-corrected chi connectivity index (χ0v) is 16.0. The van der Waals surface area contributed by atoms with E-state index in [2.05, 4.69) is 4.98 Å². The number of hydrogen-bond acceptors (Lipinski definition) is 4. The third-order valence-corrected chi connectivity index (χ3v) is 5.61. The van der Waals surface area contributed by atoms with Gasteiger partial charge in [-0.15, -0.1) is 0 Å². The molecular weight excluding hydrogens is 387 g/mol. The first-order chi connectivity index (χ1) is 14.2. The van der Waals surface area contributed by atoms with Gasteiger partial charge in [0.25, 0.3) is 5.56 Å². The molecule has 0 unspecified atom stereocenters. The van der Waals surface area contributed by atoms with Crippen molar-refractivity contribution in [2.24, 2.45) is 0 Å². The van der Waals surface area contributed by atoms with Crippen LogP contribution in [0.25, 0.3) is 22.1 Å². The summed E-state index contributed by atoms with van der Waals surface area (Å²) in [4.78, 5) is 18.0. The molecule has 5 rings (SSSR count). The topological polar surface area (TPSA) is 43.6 Å². The number of nitrogens with zero attached hydrogens (tertiary/aromatic N) is 2. The van der Waals surface area contributed by atoms with E-state index in [4.69, 9.17) is 4.74 Å². The molecule has 0 amide bonds. The van der Waals surface area contributed by atoms with Gasteiger partial charge in [-0.05, 0) is 53.6 Å². The van der Waals surface area contributed by atoms with Gasteiger partial charge >= 0.3 is 0 Å². The second kappa shape index (κ2) is 7.14. The molecule has 3 aromatic carbocycles. The highest BCUT2D eigenvalue weighted by Gasteiger charge is 2.10. The predicted octanol–water partition coefficient (Wildman–Crippen LogP) is 4.18. The van der Waals surface area contributed by atoms with Crippen LogP contribution in [0.1, 0.15) is 11.1 Å². The Morgan fingerprint density at radius 1 is 1.00 bits per heavy atom. The summed E-state index contributed by atoms with van der Waals surface area (Å²) in [6, 6.07) is 21.4. The molecule has 4 nitrogen and oxygen atoms in total. The lowest BCUT2D eigenvalue weighted by Gasteiger charge is -2.06. The van der Waals surface area contributed by atoms with Gasteiger partial charge in [-0.1, -0.05) is 47.7 Å². The smallest absolute Gasteiger partial charge is 0.274 e. The van der Waals surface area contributed by atoms with Crippen LogP contribution in [0.3, 0.4) is 0 Å². The number of fused-ring (bicyclic) bond motifs is 3. The molecule has 0 saturated carbocycles. The molecule has 29 heavy (non-hydrogen) atoms. The molecule has 0 atom stereocenters. The summed E-state index contributed by atoms with van der Waals surface area (Å²) in [5.41, 5.74) is 3.39. The molecule has 6 heteroatoms. The number of imidazole rings is 1. The Bertz CT molecular complexity index is 1420. The van der Waals surface area contributed by atoms with Gasteiger partial charge in [0.1, 0.15) is 18.2 Å². The third kappa shape index (κ3) is 3.39. The molecule has 2 heterocycles. The van der Waals surface area contributed by atoms with Crippen molar-refractivity contribution in [1.82, 2.24) is 9.38 Å². The van der Waals surface area contributed by atoms with E-state index in [0.717, 1.165) is 22.2 Å². The first kappa shape index (κ1) is 17.6. The SMILES string of the molecule is O=c1/c(=C/c2ccc(OCc3ccc(F)cc3)cc2)sc2nc3ccccc3n12. The number of benzene rings is 3. The Kier molecular flexibility index (Phi) is 4.33. The van der Waals surface area contributed by atoms with Crippen molar-refractivity contribution < 1.29 is 9.13 Å². The van der Waals surface area contributed by atoms with Gasteiger partial charge in [-0.2, -0.15) is 0 Å². The molecule has 0 radical (unpaired) electrons. The summed E-state index contributed by atoms with van der Waals surface area (Å²) in [5.74, 6) is 0.446. The van der Waals surface area contributed by atoms with Gasteiger partial charge in [0.05, 0.1) is 15.6 Å². The number of rotatable bonds is 4. The molecule has 0 fully saturated rings. The predicted molar refractivity (Wildman–Crippen MR) is 113 cm³/mol. The summed E-state index contributed by atoms with van der Waals surface area (Å²) < 4.78 is 21.0. The Morgan fingerprint density at radius 2 is 1.76 bits per heavy atom. The standard InChI is InChI=1S/C23H15FN2O2S/c24-17-9-5-16(6-10-17)14-28-18-11-7-15(8-12-18)13-21-22(27)26-20-4-2-1-3-19(20)25-23(26)29-21/h1-13H,14H2/b21-13-. The fraction of sp³-hybridized carbons (Fsp3) is 0.0435. The fourth-order valence-electron chi connectivity index (χ4n) is 3.17. The van der Waals surface area contributed by atoms with E-state index in [0.29, 0.717) is 21.8 Å². The van der Waals surface area contributed by atoms with Crippen molar-refractivity contribution in [3.8, 4) is 5.75 Å². The average Bonchev–Trinajstić information content (AvgIpc) is 3.25. The highest BCUT2D eigenvalue weighted by atomic mass is 32.1. The molecule has 0 N–H and O–H groups in total. The van der Waals surface area contributed by atoms with E-state index in [9.17, 15) is 9.18 Å². The summed E-state index contributed by atoms with van der Waals surface area (Å²) in [6.07, 6.45) is 1.86. The number of aromatic nitrogens is 2. The summed E-state index contributed by atoms with van der Waals surface area (Å²) >= 11 is 1.38. The minimum atomic E-state index is -0.264. The Balaban J connectivity index is 1.40. The molecular formula is C23H15FN2O2S. The van der Waals surface area contributed by atoms with Crippen molar-refractivity contribution in [2.75, 3.05) is 0 Å². The average molecular weight is 402 g/mol. The van der Waals surface area contributed by atoms with Crippen molar-refractivity contribution in [3.63, 3.8) is 0 Å². The lowest BCUT2D eigenvalue weighted by molar-refractivity contribution is 0.306. The van der Waals surface area contributed by atoms with Crippen LogP contribution in [0.2, 0.25) is 0 Å². The molecule has 0 spiro atoms. The maximum atomic E-state index is 13.0. The largest absolute Gasteiger partial charge is 0.489 e. The quantitative estimate of drug-likeness (QED) is 0.453. The first-order valence-electron chi connectivity index (χ1n) is 9.06. The Labute approximate surface area is 169 Å². The molecule has 5 aromatic rings. The van der Waals surface area contributed by atoms with Crippen LogP contribution < -0.4 is 14.8 Å². The highest BCUT2D eigenvalue weighted by Crippen LogP contribution is 2.17. The zero-order valence-electron chi connectivity index (χ0n) is 15.2. The van der Waals surface area contributed by atoms with Gasteiger partial charge in [0.2, 0.25) is 0 Å². The van der Waals surface area contributed by atoms with Crippen molar-refractivity contribution in [3.05, 3.63) is 105 Å². The number of hydrogen-bond donors (Lipinski definition) is 0. The lowest BCUT2D eigenvalue weighted by atomic mass is 10.2. The first-order valence-corrected chi connectivity index (χ1v) is 9.88. The van der Waals surface area contributed by atoms with Crippen LogP contribution in [0.15, 0.2) is 77.6 Å². The summed E-state index contributed by atoms with van der Waals surface area (Å²) in [6.45, 7) is 0.364. The molecule has 2 aromatic heterocycles. The fourth-order valence-corrected chi connectivity index (χ4v) is 4.16. The molecule has 0 aliphatic rings. The van der Waals surface area contributed by atoms with Crippen molar-refractivity contribution in [2.45, 2.75) is 6.61 Å². The van der Waals surface area contributed by atoms with E-state index in [1.54, 1.807) is 16.5 Å². The van der Waals surface area contributed by atoms with Gasteiger partial charge in [-0.3, -0.25) is 4.79 Å². The number of ether oxygens (including phenoxy) is 1. The third-order valence-electron chi connectivity index (χ3n) is 4.64. The van der Waals surface area contributed by atoms with E-state index >= 15 is 0 Å². The molecule has 0 aliphatic carbocycles. The molecule has 0 aliphatic heterocycles. The maximum absolute atomic E-state index is 13.0. The summed E-state index contributed by atoms with van der Waals surface area (Å²) in [7, 11) is 0. The van der Waals surface area contributed by atoms with Gasteiger partial charge in [0, 0.05) is 0 Å². The minimum Gasteiger partial charge on any atom is -0.489 e. The number of halogens is 1. The Hall–Kier alpha value is -3.51. The highest BCUT2D eigenvalue weighted by molar-refractivity contribution is 7.15. The van der Waals surface area contributed by atoms with Crippen LogP contribution in [0, 0.1) is 5.82 Å². The monoisotopic (exact) mass is 402 g/mol. The number of thiazole rings is 1. The van der Waals surface area contributed by atoms with Crippen LogP contribution in [0.5, 0.6) is 5.75 Å². The van der Waals surface area contributed by atoms with E-state index in [1.165, 1.54) is 23.5 Å². The van der Waals surface area contributed by atoms with Gasteiger partial charge < -0.3 is 4.74 Å². The molecule has 0 bridgehead atoms. The van der Waals surface area contributed by atoms with Crippen LogP contribution in [-0.2, 0) is 6.61 Å². The molecule has 0 saturated heterocycles. The van der Waals surface area contributed by atoms with Crippen LogP contribution >= 0.6 is 11.3 Å². The molecule has 142 valence electrons. The van der Waals surface area contributed by atoms with Crippen LogP contribution in [0.4, 0.5) is 4.39 Å². The van der Waals surface area contributed by atoms with Gasteiger partial charge in [-0.25, -0.2) is 13.8 Å². The second-order valence-electron chi connectivity index (χ2n) is 6.62. The zero-order chi connectivity index (χ0) is 19.8.